The van der Waals surface area contributed by atoms with Crippen LogP contribution in [0.2, 0.25) is 0 Å². The van der Waals surface area contributed by atoms with Gasteiger partial charge in [-0.05, 0) is 48.4 Å². The number of hydrogen-bond acceptors (Lipinski definition) is 3. The summed E-state index contributed by atoms with van der Waals surface area (Å²) < 4.78 is 12.9. The summed E-state index contributed by atoms with van der Waals surface area (Å²) in [6, 6.07) is 18.9. The summed E-state index contributed by atoms with van der Waals surface area (Å²) >= 11 is 0. The monoisotopic (exact) mass is 350 g/mol. The Balaban J connectivity index is 1.45. The first kappa shape index (κ1) is 17.4. The molecule has 5 nitrogen and oxygen atoms in total. The van der Waals surface area contributed by atoms with Gasteiger partial charge in [-0.1, -0.05) is 30.3 Å². The maximum absolute atomic E-state index is 12.9. The molecule has 3 aromatic rings. The number of urea groups is 1. The van der Waals surface area contributed by atoms with Gasteiger partial charge in [0.25, 0.3) is 0 Å². The number of hydrogen-bond donors (Lipinski definition) is 3. The molecule has 2 aromatic carbocycles. The summed E-state index contributed by atoms with van der Waals surface area (Å²) in [6.07, 6.45) is 2.35. The lowest BCUT2D eigenvalue weighted by atomic mass is 10.1. The number of carbonyl (C=O) groups is 1. The fourth-order valence-corrected chi connectivity index (χ4v) is 2.37. The second kappa shape index (κ2) is 8.62. The predicted octanol–water partition coefficient (Wildman–Crippen LogP) is 4.52. The molecule has 0 saturated heterocycles. The second-order valence-electron chi connectivity index (χ2n) is 5.68. The minimum atomic E-state index is -0.324. The number of pyridine rings is 1. The highest BCUT2D eigenvalue weighted by Gasteiger charge is 2.03. The number of anilines is 3. The lowest BCUT2D eigenvalue weighted by Crippen LogP contribution is -2.19. The van der Waals surface area contributed by atoms with E-state index in [1.165, 1.54) is 12.1 Å². The van der Waals surface area contributed by atoms with E-state index in [-0.39, 0.29) is 11.8 Å². The van der Waals surface area contributed by atoms with Gasteiger partial charge in [-0.3, -0.25) is 0 Å². The Morgan fingerprint density at radius 1 is 0.885 bits per heavy atom. The van der Waals surface area contributed by atoms with Crippen molar-refractivity contribution in [3.8, 4) is 0 Å². The number of halogens is 1. The quantitative estimate of drug-likeness (QED) is 0.612. The number of nitrogens with one attached hydrogen (secondary N) is 3. The van der Waals surface area contributed by atoms with Crippen LogP contribution in [0, 0.1) is 5.82 Å². The first-order valence-corrected chi connectivity index (χ1v) is 8.26. The Kier molecular flexibility index (Phi) is 5.77. The minimum Gasteiger partial charge on any atom is -0.370 e. The highest BCUT2D eigenvalue weighted by molar-refractivity contribution is 5.99. The zero-order valence-corrected chi connectivity index (χ0v) is 14.1. The topological polar surface area (TPSA) is 66.1 Å². The molecule has 0 aliphatic carbocycles. The third kappa shape index (κ3) is 5.31. The van der Waals surface area contributed by atoms with Crippen LogP contribution in [0.15, 0.2) is 72.9 Å². The number of carbonyl (C=O) groups excluding carboxylic acids is 1. The number of aromatic nitrogens is 1. The second-order valence-corrected chi connectivity index (χ2v) is 5.68. The molecule has 26 heavy (non-hydrogen) atoms. The lowest BCUT2D eigenvalue weighted by Gasteiger charge is -2.09. The van der Waals surface area contributed by atoms with E-state index in [0.717, 1.165) is 17.7 Å². The molecule has 132 valence electrons. The van der Waals surface area contributed by atoms with E-state index >= 15 is 0 Å². The summed E-state index contributed by atoms with van der Waals surface area (Å²) in [6.45, 7) is 0.680. The van der Waals surface area contributed by atoms with Crippen LogP contribution in [0.5, 0.6) is 0 Å². The van der Waals surface area contributed by atoms with Crippen LogP contribution in [0.25, 0.3) is 0 Å². The van der Waals surface area contributed by atoms with Crippen molar-refractivity contribution >= 4 is 23.2 Å². The Hall–Kier alpha value is -3.41. The van der Waals surface area contributed by atoms with Crippen LogP contribution in [0.1, 0.15) is 5.56 Å². The first-order valence-electron chi connectivity index (χ1n) is 8.26. The third-order valence-electron chi connectivity index (χ3n) is 3.69. The average molecular weight is 350 g/mol. The molecule has 6 heteroatoms. The summed E-state index contributed by atoms with van der Waals surface area (Å²) in [7, 11) is 0. The van der Waals surface area contributed by atoms with E-state index in [1.54, 1.807) is 30.5 Å². The molecule has 0 aliphatic rings. The zero-order valence-electron chi connectivity index (χ0n) is 14.1. The number of benzene rings is 2. The van der Waals surface area contributed by atoms with Gasteiger partial charge in [0.2, 0.25) is 0 Å². The molecule has 2 amide bonds. The molecular formula is C20H19FN4O. The fourth-order valence-electron chi connectivity index (χ4n) is 2.37. The van der Waals surface area contributed by atoms with Crippen molar-refractivity contribution in [1.29, 1.82) is 0 Å². The van der Waals surface area contributed by atoms with E-state index in [1.807, 2.05) is 30.3 Å². The fraction of sp³-hybridized carbons (Fsp3) is 0.100. The Morgan fingerprint density at radius 2 is 1.62 bits per heavy atom. The Labute approximate surface area is 151 Å². The van der Waals surface area contributed by atoms with Crippen LogP contribution in [0.3, 0.4) is 0 Å². The average Bonchev–Trinajstić information content (AvgIpc) is 2.65. The highest BCUT2D eigenvalue weighted by Crippen LogP contribution is 2.12. The van der Waals surface area contributed by atoms with Crippen molar-refractivity contribution in [3.05, 3.63) is 84.3 Å². The van der Waals surface area contributed by atoms with Crippen molar-refractivity contribution in [2.24, 2.45) is 0 Å². The standard InChI is InChI=1S/C20H19FN4O/c21-16-8-6-15(7-9-16)12-13-22-19-11-10-18(14-23-19)25-20(26)24-17-4-2-1-3-5-17/h1-11,14H,12-13H2,(H,22,23)(H2,24,25,26). The summed E-state index contributed by atoms with van der Waals surface area (Å²) in [5.74, 6) is 0.476. The third-order valence-corrected chi connectivity index (χ3v) is 3.69. The number of nitrogens with zero attached hydrogens (tertiary/aromatic N) is 1. The highest BCUT2D eigenvalue weighted by atomic mass is 19.1. The molecule has 0 aliphatic heterocycles. The molecule has 3 N–H and O–H groups in total. The van der Waals surface area contributed by atoms with Gasteiger partial charge in [0.15, 0.2) is 0 Å². The molecule has 0 atom stereocenters. The SMILES string of the molecule is O=C(Nc1ccccc1)Nc1ccc(NCCc2ccc(F)cc2)nc1. The zero-order chi connectivity index (χ0) is 18.2. The molecule has 1 heterocycles. The van der Waals surface area contributed by atoms with E-state index in [4.69, 9.17) is 0 Å². The Bertz CT molecular complexity index is 836. The van der Waals surface area contributed by atoms with Gasteiger partial charge in [0, 0.05) is 12.2 Å². The molecule has 0 spiro atoms. The Morgan fingerprint density at radius 3 is 2.31 bits per heavy atom. The summed E-state index contributed by atoms with van der Waals surface area (Å²) in [5.41, 5.74) is 2.37. The van der Waals surface area contributed by atoms with Gasteiger partial charge in [0.05, 0.1) is 11.9 Å². The molecular weight excluding hydrogens is 331 g/mol. The van der Waals surface area contributed by atoms with Crippen LogP contribution < -0.4 is 16.0 Å². The molecule has 0 fully saturated rings. The van der Waals surface area contributed by atoms with Crippen LogP contribution >= 0.6 is 0 Å². The molecule has 0 saturated carbocycles. The van der Waals surface area contributed by atoms with Gasteiger partial charge < -0.3 is 16.0 Å². The smallest absolute Gasteiger partial charge is 0.323 e. The number of rotatable bonds is 6. The van der Waals surface area contributed by atoms with Crippen LogP contribution in [0.4, 0.5) is 26.4 Å². The maximum atomic E-state index is 12.9. The normalized spacial score (nSPS) is 10.2. The molecule has 0 radical (unpaired) electrons. The van der Waals surface area contributed by atoms with Crippen molar-refractivity contribution in [1.82, 2.24) is 4.98 Å². The van der Waals surface area contributed by atoms with Crippen molar-refractivity contribution in [3.63, 3.8) is 0 Å². The van der Waals surface area contributed by atoms with Gasteiger partial charge in [0.1, 0.15) is 11.6 Å². The van der Waals surface area contributed by atoms with Crippen LogP contribution in [-0.2, 0) is 6.42 Å². The minimum absolute atomic E-state index is 0.234. The summed E-state index contributed by atoms with van der Waals surface area (Å²) in [5, 5.41) is 8.67. The predicted molar refractivity (Wildman–Crippen MR) is 102 cm³/mol. The molecule has 0 bridgehead atoms. The van der Waals surface area contributed by atoms with Gasteiger partial charge >= 0.3 is 6.03 Å². The summed E-state index contributed by atoms with van der Waals surface area (Å²) in [4.78, 5) is 16.2. The van der Waals surface area contributed by atoms with E-state index < -0.39 is 0 Å². The van der Waals surface area contributed by atoms with Crippen molar-refractivity contribution in [2.45, 2.75) is 6.42 Å². The van der Waals surface area contributed by atoms with Crippen molar-refractivity contribution < 1.29 is 9.18 Å². The largest absolute Gasteiger partial charge is 0.370 e. The molecule has 3 rings (SSSR count). The van der Waals surface area contributed by atoms with Gasteiger partial charge in [-0.15, -0.1) is 0 Å². The maximum Gasteiger partial charge on any atom is 0.323 e. The van der Waals surface area contributed by atoms with Gasteiger partial charge in [-0.25, -0.2) is 14.2 Å². The van der Waals surface area contributed by atoms with Gasteiger partial charge in [-0.2, -0.15) is 0 Å². The number of amides is 2. The first-order chi connectivity index (χ1) is 12.7. The van der Waals surface area contributed by atoms with E-state index in [9.17, 15) is 9.18 Å². The molecule has 1 aromatic heterocycles. The van der Waals surface area contributed by atoms with Crippen LogP contribution in [-0.4, -0.2) is 17.6 Å². The van der Waals surface area contributed by atoms with Crippen molar-refractivity contribution in [2.75, 3.05) is 22.5 Å². The molecule has 0 unspecified atom stereocenters. The van der Waals surface area contributed by atoms with E-state index in [0.29, 0.717) is 18.1 Å². The lowest BCUT2D eigenvalue weighted by molar-refractivity contribution is 0.262. The van der Waals surface area contributed by atoms with E-state index in [2.05, 4.69) is 20.9 Å². The number of para-hydroxylation sites is 1.